The topological polar surface area (TPSA) is 78.6 Å². The van der Waals surface area contributed by atoms with Crippen LogP contribution < -0.4 is 66.8 Å². The summed E-state index contributed by atoms with van der Waals surface area (Å²) in [6, 6.07) is 9.33. The number of aliphatic imine (C=N–C) groups is 1. The molecule has 0 saturated carbocycles. The molecule has 1 amide bonds. The number of amides is 1. The Morgan fingerprint density at radius 1 is 1.40 bits per heavy atom. The zero-order valence-electron chi connectivity index (χ0n) is 17.7. The third-order valence-corrected chi connectivity index (χ3v) is 4.18. The molecule has 0 aliphatic carbocycles. The van der Waals surface area contributed by atoms with Gasteiger partial charge >= 0.3 is 51.4 Å². The summed E-state index contributed by atoms with van der Waals surface area (Å²) in [7, 11) is 1.95. The molecule has 1 aromatic carbocycles. The van der Waals surface area contributed by atoms with Crippen molar-refractivity contribution in [3.63, 3.8) is 0 Å². The zero-order valence-corrected chi connectivity index (χ0v) is 20.8. The van der Waals surface area contributed by atoms with E-state index < -0.39 is 0 Å². The molecule has 1 aromatic heterocycles. The predicted octanol–water partition coefficient (Wildman–Crippen LogP) is -0.00892. The Morgan fingerprint density at radius 2 is 2.20 bits per heavy atom. The van der Waals surface area contributed by atoms with Gasteiger partial charge in [0.25, 0.3) is 5.91 Å². The Kier molecular flexibility index (Phi) is 9.73. The molecule has 7 nitrogen and oxygen atoms in total. The van der Waals surface area contributed by atoms with E-state index >= 15 is 0 Å². The van der Waals surface area contributed by atoms with Gasteiger partial charge in [-0.3, -0.25) is 9.78 Å². The number of hydrogen-bond acceptors (Lipinski definition) is 5. The molecule has 2 heterocycles. The van der Waals surface area contributed by atoms with Crippen molar-refractivity contribution in [1.29, 1.82) is 0 Å². The molecule has 1 aliphatic heterocycles. The molecular weight excluding hydrogens is 405 g/mol. The SMILES string of the molecule is CCOc1cncc(C(=O)Nc2cccc(C(C)N[C-]=CN=C3C=[N+](C)[CH-]3)c2)c1.[K+]. The number of aromatic nitrogens is 1. The van der Waals surface area contributed by atoms with Gasteiger partial charge in [-0.25, -0.2) is 0 Å². The maximum absolute atomic E-state index is 12.5. The third kappa shape index (κ3) is 7.07. The van der Waals surface area contributed by atoms with E-state index in [1.54, 1.807) is 18.5 Å². The average Bonchev–Trinajstić information content (AvgIpc) is 2.70. The van der Waals surface area contributed by atoms with Gasteiger partial charge in [0.2, 0.25) is 0 Å². The monoisotopic (exact) mass is 429 g/mol. The van der Waals surface area contributed by atoms with Crippen molar-refractivity contribution < 1.29 is 65.5 Å². The van der Waals surface area contributed by atoms with Gasteiger partial charge in [-0.1, -0.05) is 12.1 Å². The van der Waals surface area contributed by atoms with Crippen LogP contribution in [0.5, 0.6) is 5.75 Å². The molecular formula is C22H24KN5O2. The van der Waals surface area contributed by atoms with Crippen molar-refractivity contribution >= 4 is 23.5 Å². The summed E-state index contributed by atoms with van der Waals surface area (Å²) in [5.41, 5.74) is 3.06. The second-order valence-corrected chi connectivity index (χ2v) is 6.54. The van der Waals surface area contributed by atoms with Crippen LogP contribution in [0.2, 0.25) is 0 Å². The minimum Gasteiger partial charge on any atom is -0.560 e. The van der Waals surface area contributed by atoms with Crippen molar-refractivity contribution in [2.45, 2.75) is 19.9 Å². The van der Waals surface area contributed by atoms with Gasteiger partial charge in [0, 0.05) is 17.9 Å². The van der Waals surface area contributed by atoms with Crippen LogP contribution in [-0.4, -0.2) is 41.0 Å². The van der Waals surface area contributed by atoms with E-state index in [1.807, 2.05) is 62.5 Å². The molecule has 0 fully saturated rings. The number of carbonyl (C=O) groups is 1. The molecule has 30 heavy (non-hydrogen) atoms. The number of nitrogens with one attached hydrogen (secondary N) is 2. The smallest absolute Gasteiger partial charge is 0.560 e. The van der Waals surface area contributed by atoms with Crippen LogP contribution >= 0.6 is 0 Å². The van der Waals surface area contributed by atoms with Crippen molar-refractivity contribution in [1.82, 2.24) is 10.3 Å². The van der Waals surface area contributed by atoms with E-state index in [2.05, 4.69) is 26.8 Å². The van der Waals surface area contributed by atoms with Crippen molar-refractivity contribution in [3.05, 3.63) is 72.8 Å². The van der Waals surface area contributed by atoms with Crippen LogP contribution in [0.3, 0.4) is 0 Å². The Morgan fingerprint density at radius 3 is 2.93 bits per heavy atom. The molecule has 8 heteroatoms. The largest absolute Gasteiger partial charge is 1.00 e. The van der Waals surface area contributed by atoms with Crippen LogP contribution in [0.4, 0.5) is 5.69 Å². The first kappa shape index (κ1) is 24.3. The summed E-state index contributed by atoms with van der Waals surface area (Å²) >= 11 is 0. The molecule has 1 atom stereocenters. The number of ether oxygens (including phenoxy) is 1. The van der Waals surface area contributed by atoms with Crippen LogP contribution in [0, 0.1) is 12.7 Å². The van der Waals surface area contributed by atoms with Gasteiger partial charge in [0.05, 0.1) is 36.8 Å². The summed E-state index contributed by atoms with van der Waals surface area (Å²) in [5.74, 6) is 0.332. The molecule has 2 aromatic rings. The number of rotatable bonds is 8. The number of anilines is 1. The first-order valence-electron chi connectivity index (χ1n) is 9.36. The standard InChI is InChI=1S/C22H24N5O2.K/c1-4-29-21-11-18(12-23-13-21)22(28)26-19-7-5-6-17(10-19)16(2)24-8-9-25-20-14-27(3)15-20;/h5-7,9-16,24H,4H2,1-3H3,(H,26,28);/q-1;+1. The number of carbonyl (C=O) groups excluding carboxylic acids is 1. The molecule has 0 saturated heterocycles. The number of nitrogens with zero attached hydrogens (tertiary/aromatic N) is 3. The van der Waals surface area contributed by atoms with Gasteiger partial charge in [0.1, 0.15) is 12.8 Å². The molecule has 1 unspecified atom stereocenters. The quantitative estimate of drug-likeness (QED) is 0.268. The number of hydrogen-bond donors (Lipinski definition) is 2. The minimum atomic E-state index is -0.239. The van der Waals surface area contributed by atoms with Gasteiger partial charge in [-0.05, 0) is 37.6 Å². The van der Waals surface area contributed by atoms with E-state index in [9.17, 15) is 4.79 Å². The number of benzene rings is 1. The van der Waals surface area contributed by atoms with Gasteiger partial charge in [-0.15, -0.1) is 6.20 Å². The van der Waals surface area contributed by atoms with Crippen LogP contribution in [0.1, 0.15) is 35.8 Å². The fourth-order valence-electron chi connectivity index (χ4n) is 2.70. The van der Waals surface area contributed by atoms with Crippen molar-refractivity contribution in [2.24, 2.45) is 4.99 Å². The average molecular weight is 430 g/mol. The molecule has 0 radical (unpaired) electrons. The van der Waals surface area contributed by atoms with Gasteiger partial charge in [-0.2, -0.15) is 0 Å². The molecule has 150 valence electrons. The fraction of sp³-hybridized carbons (Fsp3) is 0.227. The second kappa shape index (κ2) is 12.0. The molecule has 3 rings (SSSR count). The van der Waals surface area contributed by atoms with E-state index in [-0.39, 0.29) is 63.3 Å². The van der Waals surface area contributed by atoms with Crippen molar-refractivity contribution in [2.75, 3.05) is 19.0 Å². The summed E-state index contributed by atoms with van der Waals surface area (Å²) < 4.78 is 7.34. The summed E-state index contributed by atoms with van der Waals surface area (Å²) in [4.78, 5) is 20.8. The van der Waals surface area contributed by atoms with Crippen LogP contribution in [-0.2, 0) is 0 Å². The van der Waals surface area contributed by atoms with Crippen molar-refractivity contribution in [3.8, 4) is 5.75 Å². The normalized spacial score (nSPS) is 14.8. The number of pyridine rings is 1. The Labute approximate surface area is 219 Å². The zero-order chi connectivity index (χ0) is 20.6. The predicted molar refractivity (Wildman–Crippen MR) is 113 cm³/mol. The fourth-order valence-corrected chi connectivity index (χ4v) is 2.70. The Bertz CT molecular complexity index is 972. The summed E-state index contributed by atoms with van der Waals surface area (Å²) in [6.45, 7) is 6.34. The Hall–Kier alpha value is -1.97. The maximum Gasteiger partial charge on any atom is 1.00 e. The second-order valence-electron chi connectivity index (χ2n) is 6.54. The summed E-state index contributed by atoms with van der Waals surface area (Å²) in [6.07, 6.45) is 9.60. The molecule has 0 bridgehead atoms. The van der Waals surface area contributed by atoms with E-state index in [1.165, 1.54) is 6.20 Å². The first-order chi connectivity index (χ1) is 14.0. The Balaban J connectivity index is 0.00000320. The van der Waals surface area contributed by atoms with Gasteiger partial charge in [0.15, 0.2) is 0 Å². The molecule has 2 N–H and O–H groups in total. The van der Waals surface area contributed by atoms with E-state index in [4.69, 9.17) is 4.74 Å². The van der Waals surface area contributed by atoms with Crippen LogP contribution in [0.15, 0.2) is 53.9 Å². The first-order valence-corrected chi connectivity index (χ1v) is 9.36. The van der Waals surface area contributed by atoms with Crippen LogP contribution in [0.25, 0.3) is 0 Å². The third-order valence-electron chi connectivity index (χ3n) is 4.18. The maximum atomic E-state index is 12.5. The van der Waals surface area contributed by atoms with E-state index in [0.717, 1.165) is 11.3 Å². The van der Waals surface area contributed by atoms with Gasteiger partial charge < -0.3 is 31.1 Å². The van der Waals surface area contributed by atoms with E-state index in [0.29, 0.717) is 23.6 Å². The molecule has 0 spiro atoms. The summed E-state index contributed by atoms with van der Waals surface area (Å²) in [5, 5.41) is 6.05. The molecule has 1 aliphatic rings. The minimum absolute atomic E-state index is 0.